The van der Waals surface area contributed by atoms with E-state index in [-0.39, 0.29) is 29.2 Å². The number of nitrogens with zero attached hydrogens (tertiary/aromatic N) is 1. The number of Topliss-reactive ketones (excluding diaryl/α,β-unsaturated/α-hetero) is 1. The molecule has 1 unspecified atom stereocenters. The summed E-state index contributed by atoms with van der Waals surface area (Å²) in [5, 5.41) is 14.1. The molecule has 2 aromatic rings. The molecule has 2 amide bonds. The number of anilines is 2. The second-order valence-electron chi connectivity index (χ2n) is 7.02. The van der Waals surface area contributed by atoms with E-state index in [0.29, 0.717) is 21.3 Å². The Kier molecular flexibility index (Phi) is 4.75. The van der Waals surface area contributed by atoms with E-state index in [1.165, 1.54) is 20.1 Å². The number of rotatable bonds is 4. The van der Waals surface area contributed by atoms with Crippen LogP contribution in [0.3, 0.4) is 0 Å². The molecule has 154 valence electrons. The Morgan fingerprint density at radius 2 is 1.83 bits per heavy atom. The van der Waals surface area contributed by atoms with Gasteiger partial charge in [0.25, 0.3) is 11.8 Å². The summed E-state index contributed by atoms with van der Waals surface area (Å²) in [4.78, 5) is 39.8. The van der Waals surface area contributed by atoms with Gasteiger partial charge in [-0.25, -0.2) is 0 Å². The number of carbonyl (C=O) groups excluding carboxylic acids is 3. The quantitative estimate of drug-likeness (QED) is 0.739. The molecule has 0 aliphatic carbocycles. The molecule has 0 saturated heterocycles. The van der Waals surface area contributed by atoms with Crippen LogP contribution in [0.25, 0.3) is 0 Å². The van der Waals surface area contributed by atoms with Crippen LogP contribution in [0.5, 0.6) is 5.75 Å². The molecule has 2 aliphatic rings. The third-order valence-electron chi connectivity index (χ3n) is 5.22. The second kappa shape index (κ2) is 7.04. The van der Waals surface area contributed by atoms with Gasteiger partial charge in [0.2, 0.25) is 0 Å². The molecular weight excluding hydrogens is 431 g/mol. The number of nitrogens with one attached hydrogen (secondary N) is 1. The number of halogens is 2. The van der Waals surface area contributed by atoms with Crippen molar-refractivity contribution in [2.45, 2.75) is 18.9 Å². The molecule has 30 heavy (non-hydrogen) atoms. The largest absolute Gasteiger partial charge is 0.503 e. The predicted octanol–water partition coefficient (Wildman–Crippen LogP) is 3.99. The normalized spacial score (nSPS) is 20.1. The number of carbonyl (C=O) groups is 3. The standard InChI is InChI=1S/C21H16Cl2N2O5/c1-10(26)7-14-18(27)19(28)25(16-9-12(23)4-6-17(16)30-2)21(14)13-5-3-11(22)8-15(13)24-20(21)29/h3-6,8-9,27H,7H2,1-2H3,(H,24,29). The number of fused-ring (bicyclic) bond motifs is 2. The van der Waals surface area contributed by atoms with Crippen molar-refractivity contribution in [2.75, 3.05) is 17.3 Å². The van der Waals surface area contributed by atoms with Gasteiger partial charge in [-0.3, -0.25) is 19.3 Å². The molecule has 2 heterocycles. The Morgan fingerprint density at radius 3 is 2.50 bits per heavy atom. The minimum atomic E-state index is -1.79. The molecular formula is C21H16Cl2N2O5. The van der Waals surface area contributed by atoms with Gasteiger partial charge in [0.05, 0.1) is 12.8 Å². The van der Waals surface area contributed by atoms with E-state index in [0.717, 1.165) is 4.90 Å². The molecule has 0 bridgehead atoms. The fourth-order valence-electron chi connectivity index (χ4n) is 4.07. The first-order valence-electron chi connectivity index (χ1n) is 8.93. The van der Waals surface area contributed by atoms with Crippen molar-refractivity contribution >= 4 is 52.2 Å². The van der Waals surface area contributed by atoms with Gasteiger partial charge in [-0.2, -0.15) is 0 Å². The van der Waals surface area contributed by atoms with E-state index in [2.05, 4.69) is 5.32 Å². The van der Waals surface area contributed by atoms with Crippen molar-refractivity contribution in [3.05, 3.63) is 63.3 Å². The van der Waals surface area contributed by atoms with Gasteiger partial charge in [-0.15, -0.1) is 0 Å². The molecule has 1 atom stereocenters. The summed E-state index contributed by atoms with van der Waals surface area (Å²) in [6.07, 6.45) is -0.299. The summed E-state index contributed by atoms with van der Waals surface area (Å²) in [5.41, 5.74) is -0.863. The number of benzene rings is 2. The number of amides is 2. The first-order valence-corrected chi connectivity index (χ1v) is 9.69. The first-order chi connectivity index (χ1) is 14.2. The molecule has 2 N–H and O–H groups in total. The van der Waals surface area contributed by atoms with Crippen molar-refractivity contribution in [2.24, 2.45) is 0 Å². The minimum absolute atomic E-state index is 0.0133. The van der Waals surface area contributed by atoms with Crippen LogP contribution in [0.15, 0.2) is 47.7 Å². The van der Waals surface area contributed by atoms with Crippen LogP contribution in [0.1, 0.15) is 18.9 Å². The summed E-state index contributed by atoms with van der Waals surface area (Å²) in [6.45, 7) is 1.32. The van der Waals surface area contributed by atoms with Gasteiger partial charge in [0.15, 0.2) is 11.3 Å². The highest BCUT2D eigenvalue weighted by molar-refractivity contribution is 6.32. The zero-order chi connectivity index (χ0) is 21.8. The average molecular weight is 447 g/mol. The molecule has 1 spiro atoms. The van der Waals surface area contributed by atoms with Gasteiger partial charge in [-0.05, 0) is 37.3 Å². The van der Waals surface area contributed by atoms with Gasteiger partial charge in [0.1, 0.15) is 11.5 Å². The first kappa shape index (κ1) is 20.3. The second-order valence-corrected chi connectivity index (χ2v) is 7.89. The molecule has 2 aliphatic heterocycles. The van der Waals surface area contributed by atoms with Crippen LogP contribution in [0.4, 0.5) is 11.4 Å². The molecule has 0 radical (unpaired) electrons. The number of ketones is 1. The fraction of sp³-hybridized carbons (Fsp3) is 0.190. The highest BCUT2D eigenvalue weighted by Crippen LogP contribution is 2.55. The lowest BCUT2D eigenvalue weighted by Crippen LogP contribution is -2.51. The van der Waals surface area contributed by atoms with Crippen LogP contribution >= 0.6 is 23.2 Å². The van der Waals surface area contributed by atoms with Crippen LogP contribution < -0.4 is 15.0 Å². The maximum atomic E-state index is 13.4. The zero-order valence-electron chi connectivity index (χ0n) is 16.0. The maximum Gasteiger partial charge on any atom is 0.294 e. The van der Waals surface area contributed by atoms with Crippen LogP contribution in [-0.2, 0) is 19.9 Å². The van der Waals surface area contributed by atoms with Gasteiger partial charge < -0.3 is 15.2 Å². The highest BCUT2D eigenvalue weighted by atomic mass is 35.5. The smallest absolute Gasteiger partial charge is 0.294 e. The number of hydrogen-bond acceptors (Lipinski definition) is 5. The third-order valence-corrected chi connectivity index (χ3v) is 5.69. The Bertz CT molecular complexity index is 1160. The van der Waals surface area contributed by atoms with Gasteiger partial charge in [0, 0.05) is 33.3 Å². The average Bonchev–Trinajstić information content (AvgIpc) is 3.08. The summed E-state index contributed by atoms with van der Waals surface area (Å²) in [5.74, 6) is -2.16. The molecule has 4 rings (SSSR count). The number of methoxy groups -OCH3 is 1. The van der Waals surface area contributed by atoms with Gasteiger partial charge >= 0.3 is 0 Å². The fourth-order valence-corrected chi connectivity index (χ4v) is 4.41. The van der Waals surface area contributed by atoms with Gasteiger partial charge in [-0.1, -0.05) is 29.3 Å². The van der Waals surface area contributed by atoms with Crippen LogP contribution in [-0.4, -0.2) is 29.8 Å². The van der Waals surface area contributed by atoms with Crippen molar-refractivity contribution < 1.29 is 24.2 Å². The van der Waals surface area contributed by atoms with E-state index in [4.69, 9.17) is 27.9 Å². The molecule has 9 heteroatoms. The number of ether oxygens (including phenoxy) is 1. The summed E-state index contributed by atoms with van der Waals surface area (Å²) >= 11 is 12.2. The van der Waals surface area contributed by atoms with E-state index < -0.39 is 23.1 Å². The molecule has 7 nitrogen and oxygen atoms in total. The SMILES string of the molecule is COc1ccc(Cl)cc1N1C(=O)C(O)=C(CC(C)=O)C12C(=O)Nc1cc(Cl)ccc12. The lowest BCUT2D eigenvalue weighted by atomic mass is 9.81. The molecule has 0 aromatic heterocycles. The molecule has 0 fully saturated rings. The third kappa shape index (κ3) is 2.69. The summed E-state index contributed by atoms with van der Waals surface area (Å²) in [6, 6.07) is 9.29. The summed E-state index contributed by atoms with van der Waals surface area (Å²) in [7, 11) is 1.41. The molecule has 0 saturated carbocycles. The lowest BCUT2D eigenvalue weighted by Gasteiger charge is -2.36. The van der Waals surface area contributed by atoms with Crippen molar-refractivity contribution in [1.82, 2.24) is 0 Å². The molecule has 2 aromatic carbocycles. The van der Waals surface area contributed by atoms with E-state index >= 15 is 0 Å². The Labute approximate surface area is 181 Å². The Hall–Kier alpha value is -3.03. The Balaban J connectivity index is 2.08. The van der Waals surface area contributed by atoms with Crippen molar-refractivity contribution in [3.8, 4) is 5.75 Å². The minimum Gasteiger partial charge on any atom is -0.503 e. The number of aliphatic hydroxyl groups is 1. The van der Waals surface area contributed by atoms with Crippen LogP contribution in [0.2, 0.25) is 10.0 Å². The van der Waals surface area contributed by atoms with Crippen LogP contribution in [0, 0.1) is 0 Å². The highest BCUT2D eigenvalue weighted by Gasteiger charge is 2.63. The van der Waals surface area contributed by atoms with Crippen molar-refractivity contribution in [1.29, 1.82) is 0 Å². The summed E-state index contributed by atoms with van der Waals surface area (Å²) < 4.78 is 5.39. The predicted molar refractivity (Wildman–Crippen MR) is 112 cm³/mol. The maximum absolute atomic E-state index is 13.4. The topological polar surface area (TPSA) is 95.9 Å². The van der Waals surface area contributed by atoms with Crippen molar-refractivity contribution in [3.63, 3.8) is 0 Å². The lowest BCUT2D eigenvalue weighted by molar-refractivity contribution is -0.123. The monoisotopic (exact) mass is 446 g/mol. The Morgan fingerprint density at radius 1 is 1.17 bits per heavy atom. The number of aliphatic hydroxyl groups excluding tert-OH is 1. The van der Waals surface area contributed by atoms with E-state index in [1.54, 1.807) is 30.3 Å². The van der Waals surface area contributed by atoms with E-state index in [1.807, 2.05) is 0 Å². The zero-order valence-corrected chi connectivity index (χ0v) is 17.5. The number of hydrogen-bond donors (Lipinski definition) is 2. The van der Waals surface area contributed by atoms with E-state index in [9.17, 15) is 19.5 Å².